The molecule has 0 radical (unpaired) electrons. The molecule has 0 heterocycles. The highest BCUT2D eigenvalue weighted by Gasteiger charge is 2.20. The zero-order valence-electron chi connectivity index (χ0n) is 15.3. The molecule has 3 heteroatoms. The number of aryl methyl sites for hydroxylation is 1. The number of carbonyl (C=O) groups is 1. The van der Waals surface area contributed by atoms with Gasteiger partial charge in [0.2, 0.25) is 0 Å². The Morgan fingerprint density at radius 1 is 0.778 bits per heavy atom. The summed E-state index contributed by atoms with van der Waals surface area (Å²) in [5.74, 6) is -0.777. The minimum atomic E-state index is -0.777. The number of benzene rings is 3. The van der Waals surface area contributed by atoms with E-state index in [9.17, 15) is 9.90 Å². The molecule has 2 N–H and O–H groups in total. The van der Waals surface area contributed by atoms with Gasteiger partial charge in [0.1, 0.15) is 0 Å². The molecule has 0 saturated heterocycles. The highest BCUT2D eigenvalue weighted by molar-refractivity contribution is 5.67. The van der Waals surface area contributed by atoms with E-state index in [0.29, 0.717) is 0 Å². The van der Waals surface area contributed by atoms with Gasteiger partial charge in [0, 0.05) is 6.04 Å². The van der Waals surface area contributed by atoms with Crippen molar-refractivity contribution < 1.29 is 9.90 Å². The van der Waals surface area contributed by atoms with Crippen LogP contribution in [0.15, 0.2) is 91.0 Å². The maximum atomic E-state index is 11.4. The van der Waals surface area contributed by atoms with Gasteiger partial charge < -0.3 is 10.4 Å². The minimum Gasteiger partial charge on any atom is -0.481 e. The van der Waals surface area contributed by atoms with Crippen molar-refractivity contribution in [2.24, 2.45) is 0 Å². The maximum absolute atomic E-state index is 11.4. The smallest absolute Gasteiger partial charge is 0.304 e. The van der Waals surface area contributed by atoms with Gasteiger partial charge in [0.05, 0.1) is 12.5 Å². The molecule has 138 valence electrons. The van der Waals surface area contributed by atoms with E-state index in [2.05, 4.69) is 41.7 Å². The highest BCUT2D eigenvalue weighted by Crippen LogP contribution is 2.24. The van der Waals surface area contributed by atoms with Crippen LogP contribution in [0.2, 0.25) is 0 Å². The van der Waals surface area contributed by atoms with E-state index in [1.165, 1.54) is 5.56 Å². The van der Waals surface area contributed by atoms with E-state index < -0.39 is 5.97 Å². The first-order valence-corrected chi connectivity index (χ1v) is 9.34. The van der Waals surface area contributed by atoms with Crippen molar-refractivity contribution in [2.45, 2.75) is 31.3 Å². The lowest BCUT2D eigenvalue weighted by molar-refractivity contribution is -0.137. The van der Waals surface area contributed by atoms with Crippen LogP contribution in [0.1, 0.15) is 35.6 Å². The van der Waals surface area contributed by atoms with Crippen molar-refractivity contribution in [3.8, 4) is 0 Å². The van der Waals surface area contributed by atoms with Crippen LogP contribution in [0, 0.1) is 0 Å². The highest BCUT2D eigenvalue weighted by atomic mass is 16.4. The summed E-state index contributed by atoms with van der Waals surface area (Å²) < 4.78 is 0. The number of rotatable bonds is 9. The topological polar surface area (TPSA) is 49.3 Å². The van der Waals surface area contributed by atoms with Gasteiger partial charge in [-0.1, -0.05) is 91.0 Å². The first kappa shape index (κ1) is 18.9. The number of hydrogen-bond acceptors (Lipinski definition) is 2. The normalized spacial score (nSPS) is 12.0. The second-order valence-electron chi connectivity index (χ2n) is 6.74. The van der Waals surface area contributed by atoms with Crippen molar-refractivity contribution in [2.75, 3.05) is 0 Å². The Hall–Kier alpha value is -2.91. The van der Waals surface area contributed by atoms with E-state index in [1.54, 1.807) is 0 Å². The van der Waals surface area contributed by atoms with E-state index in [1.807, 2.05) is 54.6 Å². The molecule has 0 aliphatic rings. The van der Waals surface area contributed by atoms with Gasteiger partial charge in [-0.3, -0.25) is 4.79 Å². The average Bonchev–Trinajstić information content (AvgIpc) is 2.71. The lowest BCUT2D eigenvalue weighted by Gasteiger charge is -2.26. The fourth-order valence-electron chi connectivity index (χ4n) is 3.35. The minimum absolute atomic E-state index is 0.0347. The number of nitrogens with one attached hydrogen (secondary N) is 1. The predicted molar refractivity (Wildman–Crippen MR) is 109 cm³/mol. The molecule has 0 fully saturated rings. The van der Waals surface area contributed by atoms with E-state index >= 15 is 0 Å². The molecule has 0 aromatic heterocycles. The largest absolute Gasteiger partial charge is 0.481 e. The third-order valence-corrected chi connectivity index (χ3v) is 4.71. The van der Waals surface area contributed by atoms with Gasteiger partial charge in [-0.2, -0.15) is 0 Å². The summed E-state index contributed by atoms with van der Waals surface area (Å²) in [7, 11) is 0. The lowest BCUT2D eigenvalue weighted by Crippen LogP contribution is -2.35. The monoisotopic (exact) mass is 359 g/mol. The summed E-state index contributed by atoms with van der Waals surface area (Å²) in [6.45, 7) is 0. The molecule has 0 aliphatic carbocycles. The summed E-state index contributed by atoms with van der Waals surface area (Å²) in [5.41, 5.74) is 3.50. The summed E-state index contributed by atoms with van der Waals surface area (Å²) in [4.78, 5) is 11.4. The van der Waals surface area contributed by atoms with Crippen LogP contribution >= 0.6 is 0 Å². The molecular weight excluding hydrogens is 334 g/mol. The fraction of sp³-hybridized carbons (Fsp3) is 0.208. The molecule has 3 aromatic rings. The molecule has 3 aromatic carbocycles. The second kappa shape index (κ2) is 9.70. The first-order valence-electron chi connectivity index (χ1n) is 9.34. The SMILES string of the molecule is O=C(O)C[C@H](CCc1ccccc1)NC(c1ccccc1)c1ccccc1. The Morgan fingerprint density at radius 2 is 1.26 bits per heavy atom. The van der Waals surface area contributed by atoms with Crippen molar-refractivity contribution in [3.63, 3.8) is 0 Å². The number of carboxylic acid groups (broad SMARTS) is 1. The lowest BCUT2D eigenvalue weighted by atomic mass is 9.95. The molecule has 1 atom stereocenters. The van der Waals surface area contributed by atoms with Gasteiger partial charge >= 0.3 is 5.97 Å². The van der Waals surface area contributed by atoms with E-state index in [-0.39, 0.29) is 18.5 Å². The molecule has 0 saturated carbocycles. The van der Waals surface area contributed by atoms with Crippen molar-refractivity contribution in [1.82, 2.24) is 5.32 Å². The Labute approximate surface area is 160 Å². The number of hydrogen-bond donors (Lipinski definition) is 2. The Bertz CT molecular complexity index is 779. The van der Waals surface area contributed by atoms with E-state index in [0.717, 1.165) is 24.0 Å². The predicted octanol–water partition coefficient (Wildman–Crippen LogP) is 4.84. The van der Waals surface area contributed by atoms with Gasteiger partial charge in [0.15, 0.2) is 0 Å². The molecule has 0 spiro atoms. The van der Waals surface area contributed by atoms with Crippen LogP contribution in [-0.4, -0.2) is 17.1 Å². The molecule has 0 aliphatic heterocycles. The zero-order valence-corrected chi connectivity index (χ0v) is 15.3. The van der Waals surface area contributed by atoms with Crippen LogP contribution in [0.3, 0.4) is 0 Å². The standard InChI is InChI=1S/C24H25NO2/c26-23(27)18-22(17-16-19-10-4-1-5-11-19)25-24(20-12-6-2-7-13-20)21-14-8-3-9-15-21/h1-15,22,24-25H,16-18H2,(H,26,27)/t22-/m0/s1. The summed E-state index contributed by atoms with van der Waals surface area (Å²) >= 11 is 0. The molecule has 27 heavy (non-hydrogen) atoms. The maximum Gasteiger partial charge on any atom is 0.304 e. The Morgan fingerprint density at radius 3 is 1.74 bits per heavy atom. The van der Waals surface area contributed by atoms with Crippen LogP contribution < -0.4 is 5.32 Å². The van der Waals surface area contributed by atoms with Gasteiger partial charge in [-0.15, -0.1) is 0 Å². The molecule has 3 nitrogen and oxygen atoms in total. The van der Waals surface area contributed by atoms with Gasteiger partial charge in [-0.25, -0.2) is 0 Å². The Balaban J connectivity index is 1.80. The van der Waals surface area contributed by atoms with Crippen LogP contribution in [-0.2, 0) is 11.2 Å². The van der Waals surface area contributed by atoms with Crippen LogP contribution in [0.5, 0.6) is 0 Å². The number of carboxylic acids is 1. The van der Waals surface area contributed by atoms with Crippen LogP contribution in [0.25, 0.3) is 0 Å². The zero-order chi connectivity index (χ0) is 18.9. The quantitative estimate of drug-likeness (QED) is 0.575. The average molecular weight is 359 g/mol. The second-order valence-corrected chi connectivity index (χ2v) is 6.74. The van der Waals surface area contributed by atoms with Crippen LogP contribution in [0.4, 0.5) is 0 Å². The van der Waals surface area contributed by atoms with Crippen molar-refractivity contribution >= 4 is 5.97 Å². The number of aliphatic carboxylic acids is 1. The summed E-state index contributed by atoms with van der Waals surface area (Å²) in [5, 5.41) is 13.0. The first-order chi connectivity index (χ1) is 13.2. The molecule has 0 bridgehead atoms. The summed E-state index contributed by atoms with van der Waals surface area (Å²) in [6.07, 6.45) is 1.72. The van der Waals surface area contributed by atoms with Crippen molar-refractivity contribution in [1.29, 1.82) is 0 Å². The fourth-order valence-corrected chi connectivity index (χ4v) is 3.35. The Kier molecular flexibility index (Phi) is 6.78. The molecular formula is C24H25NO2. The molecule has 0 amide bonds. The molecule has 0 unspecified atom stereocenters. The van der Waals surface area contributed by atoms with Gasteiger partial charge in [0.25, 0.3) is 0 Å². The third-order valence-electron chi connectivity index (χ3n) is 4.71. The molecule has 3 rings (SSSR count). The van der Waals surface area contributed by atoms with Crippen molar-refractivity contribution in [3.05, 3.63) is 108 Å². The van der Waals surface area contributed by atoms with E-state index in [4.69, 9.17) is 0 Å². The summed E-state index contributed by atoms with van der Waals surface area (Å²) in [6, 6.07) is 30.4. The third kappa shape index (κ3) is 5.80. The van der Waals surface area contributed by atoms with Gasteiger partial charge in [-0.05, 0) is 29.5 Å².